The van der Waals surface area contributed by atoms with E-state index in [1.54, 1.807) is 17.5 Å². The predicted molar refractivity (Wildman–Crippen MR) is 102 cm³/mol. The van der Waals surface area contributed by atoms with Crippen LogP contribution in [0.2, 0.25) is 0 Å². The minimum Gasteiger partial charge on any atom is -0.497 e. The zero-order valence-electron chi connectivity index (χ0n) is 15.3. The van der Waals surface area contributed by atoms with Gasteiger partial charge in [0.15, 0.2) is 0 Å². The van der Waals surface area contributed by atoms with E-state index >= 15 is 0 Å². The van der Waals surface area contributed by atoms with Gasteiger partial charge in [-0.2, -0.15) is 4.31 Å². The van der Waals surface area contributed by atoms with Crippen LogP contribution in [0.1, 0.15) is 19.4 Å². The third-order valence-electron chi connectivity index (χ3n) is 4.50. The molecule has 2 rings (SSSR count). The second-order valence-corrected chi connectivity index (χ2v) is 8.60. The number of likely N-dealkylation sites (tertiary alicyclic amines) is 1. The third kappa shape index (κ3) is 4.93. The predicted octanol–water partition coefficient (Wildman–Crippen LogP) is 2.66. The molecule has 1 fully saturated rings. The Morgan fingerprint density at radius 1 is 1.36 bits per heavy atom. The fourth-order valence-corrected chi connectivity index (χ4v) is 4.82. The number of rotatable bonds is 9. The number of nitrogens with zero attached hydrogens (tertiary/aromatic N) is 2. The highest BCUT2D eigenvalue weighted by molar-refractivity contribution is 7.89. The van der Waals surface area contributed by atoms with Crippen molar-refractivity contribution in [3.8, 4) is 5.75 Å². The van der Waals surface area contributed by atoms with Gasteiger partial charge < -0.3 is 9.64 Å². The van der Waals surface area contributed by atoms with E-state index in [2.05, 4.69) is 18.4 Å². The molecule has 25 heavy (non-hydrogen) atoms. The van der Waals surface area contributed by atoms with Gasteiger partial charge in [-0.25, -0.2) is 8.42 Å². The maximum Gasteiger partial charge on any atom is 0.220 e. The Labute approximate surface area is 151 Å². The molecule has 1 aromatic carbocycles. The van der Waals surface area contributed by atoms with Gasteiger partial charge in [-0.3, -0.25) is 0 Å². The van der Waals surface area contributed by atoms with Crippen LogP contribution in [0.4, 0.5) is 0 Å². The Balaban J connectivity index is 2.19. The number of hydrogen-bond donors (Lipinski definition) is 0. The van der Waals surface area contributed by atoms with E-state index in [1.807, 2.05) is 37.3 Å². The highest BCUT2D eigenvalue weighted by Crippen LogP contribution is 2.23. The summed E-state index contributed by atoms with van der Waals surface area (Å²) in [6.07, 6.45) is 3.55. The quantitative estimate of drug-likeness (QED) is 0.632. The fourth-order valence-electron chi connectivity index (χ4n) is 2.88. The van der Waals surface area contributed by atoms with Crippen molar-refractivity contribution in [1.82, 2.24) is 9.21 Å². The molecule has 0 aliphatic carbocycles. The van der Waals surface area contributed by atoms with Gasteiger partial charge in [-0.15, -0.1) is 0 Å². The van der Waals surface area contributed by atoms with Crippen LogP contribution in [0.15, 0.2) is 48.6 Å². The molecule has 138 valence electrons. The lowest BCUT2D eigenvalue weighted by Gasteiger charge is -2.40. The Morgan fingerprint density at radius 2 is 2.00 bits per heavy atom. The molecule has 0 atom stereocenters. The van der Waals surface area contributed by atoms with E-state index in [-0.39, 0.29) is 5.25 Å². The second kappa shape index (κ2) is 8.65. The molecule has 0 spiro atoms. The number of methoxy groups -OCH3 is 1. The molecule has 0 bridgehead atoms. The van der Waals surface area contributed by atoms with Crippen molar-refractivity contribution >= 4 is 10.0 Å². The maximum atomic E-state index is 13.1. The van der Waals surface area contributed by atoms with Crippen LogP contribution in [-0.4, -0.2) is 56.2 Å². The summed E-state index contributed by atoms with van der Waals surface area (Å²) in [6.45, 7) is 10.5. The van der Waals surface area contributed by atoms with Crippen molar-refractivity contribution in [3.63, 3.8) is 0 Å². The van der Waals surface area contributed by atoms with Crippen LogP contribution in [0.25, 0.3) is 0 Å². The van der Waals surface area contributed by atoms with E-state index in [0.29, 0.717) is 26.2 Å². The van der Waals surface area contributed by atoms with E-state index in [4.69, 9.17) is 4.74 Å². The van der Waals surface area contributed by atoms with Gasteiger partial charge in [0.1, 0.15) is 11.0 Å². The number of benzene rings is 1. The number of ether oxygens (including phenoxy) is 1. The lowest BCUT2D eigenvalue weighted by Crippen LogP contribution is -2.58. The molecule has 0 aromatic heterocycles. The van der Waals surface area contributed by atoms with Crippen LogP contribution >= 0.6 is 0 Å². The molecule has 1 aromatic rings. The molecule has 0 radical (unpaired) electrons. The largest absolute Gasteiger partial charge is 0.497 e. The van der Waals surface area contributed by atoms with E-state index in [9.17, 15) is 8.42 Å². The third-order valence-corrected chi connectivity index (χ3v) is 6.62. The zero-order chi connectivity index (χ0) is 18.4. The Hall–Kier alpha value is -1.63. The molecule has 1 heterocycles. The summed E-state index contributed by atoms with van der Waals surface area (Å²) in [6, 6.07) is 7.53. The first-order valence-corrected chi connectivity index (χ1v) is 10.0. The molecule has 1 aliphatic heterocycles. The fraction of sp³-hybridized carbons (Fsp3) is 0.474. The zero-order valence-corrected chi connectivity index (χ0v) is 16.1. The highest BCUT2D eigenvalue weighted by Gasteiger charge is 2.40. The average molecular weight is 365 g/mol. The maximum absolute atomic E-state index is 13.1. The highest BCUT2D eigenvalue weighted by atomic mass is 32.2. The molecule has 0 unspecified atom stereocenters. The average Bonchev–Trinajstić information content (AvgIpc) is 2.54. The van der Waals surface area contributed by atoms with Crippen LogP contribution in [-0.2, 0) is 16.6 Å². The SMILES string of the molecule is C=C/C=C(\C)CN(Cc1ccc(OC)cc1)S(=O)(=O)C1CN(CC)C1. The van der Waals surface area contributed by atoms with E-state index in [0.717, 1.165) is 23.4 Å². The number of hydrogen-bond acceptors (Lipinski definition) is 4. The summed E-state index contributed by atoms with van der Waals surface area (Å²) >= 11 is 0. The Bertz CT molecular complexity index is 705. The smallest absolute Gasteiger partial charge is 0.220 e. The van der Waals surface area contributed by atoms with Gasteiger partial charge in [-0.05, 0) is 31.2 Å². The lowest BCUT2D eigenvalue weighted by atomic mass is 10.2. The van der Waals surface area contributed by atoms with E-state index < -0.39 is 10.0 Å². The summed E-state index contributed by atoms with van der Waals surface area (Å²) in [5.74, 6) is 0.762. The molecular weight excluding hydrogens is 336 g/mol. The van der Waals surface area contributed by atoms with Gasteiger partial charge in [0.05, 0.1) is 7.11 Å². The summed E-state index contributed by atoms with van der Waals surface area (Å²) in [5, 5.41) is -0.317. The molecule has 5 nitrogen and oxygen atoms in total. The van der Waals surface area contributed by atoms with Crippen molar-refractivity contribution < 1.29 is 13.2 Å². The minimum absolute atomic E-state index is 0.317. The summed E-state index contributed by atoms with van der Waals surface area (Å²) < 4.78 is 32.9. The molecular formula is C19H28N2O3S. The first-order valence-electron chi connectivity index (χ1n) is 8.53. The van der Waals surface area contributed by atoms with Gasteiger partial charge >= 0.3 is 0 Å². The molecule has 0 N–H and O–H groups in total. The summed E-state index contributed by atoms with van der Waals surface area (Å²) in [7, 11) is -1.73. The van der Waals surface area contributed by atoms with Gasteiger partial charge in [0.2, 0.25) is 10.0 Å². The standard InChI is InChI=1S/C19H28N2O3S/c1-5-7-16(3)12-21(13-17-8-10-18(24-4)11-9-17)25(22,23)19-14-20(6-2)15-19/h5,7-11,19H,1,6,12-15H2,2-4H3/b16-7+. The second-order valence-electron chi connectivity index (χ2n) is 6.38. The Kier molecular flexibility index (Phi) is 6.81. The van der Waals surface area contributed by atoms with Gasteiger partial charge in [0.25, 0.3) is 0 Å². The summed E-state index contributed by atoms with van der Waals surface area (Å²) in [5.41, 5.74) is 1.92. The monoisotopic (exact) mass is 364 g/mol. The number of allylic oxidation sites excluding steroid dienone is 2. The van der Waals surface area contributed by atoms with Crippen LogP contribution in [0.3, 0.4) is 0 Å². The number of sulfonamides is 1. The van der Waals surface area contributed by atoms with Gasteiger partial charge in [0, 0.05) is 26.2 Å². The van der Waals surface area contributed by atoms with Crippen molar-refractivity contribution in [2.45, 2.75) is 25.6 Å². The van der Waals surface area contributed by atoms with Crippen LogP contribution in [0.5, 0.6) is 5.75 Å². The Morgan fingerprint density at radius 3 is 2.52 bits per heavy atom. The molecule has 1 aliphatic rings. The summed E-state index contributed by atoms with van der Waals surface area (Å²) in [4.78, 5) is 2.14. The van der Waals surface area contributed by atoms with Gasteiger partial charge in [-0.1, -0.05) is 43.4 Å². The van der Waals surface area contributed by atoms with Crippen LogP contribution in [0, 0.1) is 0 Å². The molecule has 1 saturated heterocycles. The molecule has 0 saturated carbocycles. The van der Waals surface area contributed by atoms with Crippen molar-refractivity contribution in [2.75, 3.05) is 33.3 Å². The van der Waals surface area contributed by atoms with Crippen molar-refractivity contribution in [1.29, 1.82) is 0 Å². The molecule has 6 heteroatoms. The topological polar surface area (TPSA) is 49.9 Å². The van der Waals surface area contributed by atoms with Crippen molar-refractivity contribution in [2.24, 2.45) is 0 Å². The van der Waals surface area contributed by atoms with Crippen molar-refractivity contribution in [3.05, 3.63) is 54.1 Å². The lowest BCUT2D eigenvalue weighted by molar-refractivity contribution is 0.190. The normalized spacial score (nSPS) is 16.7. The molecule has 0 amide bonds. The van der Waals surface area contributed by atoms with Crippen LogP contribution < -0.4 is 4.74 Å². The first-order chi connectivity index (χ1) is 11.9. The minimum atomic E-state index is -3.35. The van der Waals surface area contributed by atoms with E-state index in [1.165, 1.54) is 0 Å². The first kappa shape index (κ1) is 19.7.